The molecule has 25 heavy (non-hydrogen) atoms. The molecule has 0 bridgehead atoms. The van der Waals surface area contributed by atoms with Gasteiger partial charge in [0, 0.05) is 49.8 Å². The van der Waals surface area contributed by atoms with Crippen molar-refractivity contribution in [2.75, 3.05) is 32.7 Å². The number of nitrogens with zero attached hydrogens (tertiary/aromatic N) is 3. The van der Waals surface area contributed by atoms with Gasteiger partial charge in [0.05, 0.1) is 6.54 Å². The highest BCUT2D eigenvalue weighted by molar-refractivity contribution is 8.14. The van der Waals surface area contributed by atoms with Crippen LogP contribution in [0, 0.1) is 11.8 Å². The molecule has 2 saturated heterocycles. The van der Waals surface area contributed by atoms with Crippen molar-refractivity contribution < 1.29 is 9.59 Å². The number of thioether (sulfide) groups is 1. The maximum Gasteiger partial charge on any atom is 0.226 e. The lowest BCUT2D eigenvalue weighted by Gasteiger charge is -2.39. The molecular weight excluding hydrogens is 336 g/mol. The highest BCUT2D eigenvalue weighted by atomic mass is 32.2. The van der Waals surface area contributed by atoms with Crippen LogP contribution in [0.2, 0.25) is 0 Å². The zero-order valence-corrected chi connectivity index (χ0v) is 16.3. The van der Waals surface area contributed by atoms with E-state index in [2.05, 4.69) is 36.0 Å². The fourth-order valence-corrected chi connectivity index (χ4v) is 4.91. The molecule has 0 aliphatic carbocycles. The maximum absolute atomic E-state index is 12.9. The molecule has 140 valence electrons. The van der Waals surface area contributed by atoms with Crippen LogP contribution in [0.1, 0.15) is 40.0 Å². The Bertz CT molecular complexity index is 543. The van der Waals surface area contributed by atoms with Crippen LogP contribution in [0.3, 0.4) is 0 Å². The molecule has 3 aliphatic heterocycles. The van der Waals surface area contributed by atoms with Crippen molar-refractivity contribution in [1.29, 1.82) is 0 Å². The van der Waals surface area contributed by atoms with Crippen LogP contribution < -0.4 is 5.32 Å². The Labute approximate surface area is 154 Å². The average Bonchev–Trinajstić information content (AvgIpc) is 2.99. The predicted molar refractivity (Wildman–Crippen MR) is 102 cm³/mol. The van der Waals surface area contributed by atoms with Crippen molar-refractivity contribution in [2.45, 2.75) is 51.3 Å². The van der Waals surface area contributed by atoms with Gasteiger partial charge in [-0.05, 0) is 18.8 Å². The molecule has 2 fully saturated rings. The summed E-state index contributed by atoms with van der Waals surface area (Å²) in [5.41, 5.74) is 0. The van der Waals surface area contributed by atoms with Gasteiger partial charge in [0.1, 0.15) is 0 Å². The van der Waals surface area contributed by atoms with E-state index >= 15 is 0 Å². The van der Waals surface area contributed by atoms with Gasteiger partial charge in [-0.15, -0.1) is 0 Å². The van der Waals surface area contributed by atoms with Gasteiger partial charge < -0.3 is 15.1 Å². The lowest BCUT2D eigenvalue weighted by Crippen LogP contribution is -2.54. The largest absolute Gasteiger partial charge is 0.353 e. The molecule has 0 unspecified atom stereocenters. The van der Waals surface area contributed by atoms with Gasteiger partial charge >= 0.3 is 0 Å². The molecule has 0 aromatic rings. The van der Waals surface area contributed by atoms with Crippen molar-refractivity contribution in [3.63, 3.8) is 0 Å². The highest BCUT2D eigenvalue weighted by Crippen LogP contribution is 2.26. The number of rotatable bonds is 3. The third-order valence-corrected chi connectivity index (χ3v) is 6.27. The van der Waals surface area contributed by atoms with Crippen LogP contribution in [0.4, 0.5) is 0 Å². The van der Waals surface area contributed by atoms with E-state index < -0.39 is 0 Å². The summed E-state index contributed by atoms with van der Waals surface area (Å²) in [5, 5.41) is 4.74. The SMILES string of the molecule is CC(C)C[C@@H]1C[C@@H](C(=O)N2CCN(C3=NC[C@H](C)S3)CC2)CC(=O)N1. The topological polar surface area (TPSA) is 65.0 Å². The number of piperazine rings is 1. The van der Waals surface area contributed by atoms with Crippen LogP contribution in [0.25, 0.3) is 0 Å². The fraction of sp³-hybridized carbons (Fsp3) is 0.833. The van der Waals surface area contributed by atoms with Gasteiger partial charge in [-0.3, -0.25) is 14.6 Å². The molecule has 0 saturated carbocycles. The molecule has 0 aromatic heterocycles. The number of carbonyl (C=O) groups is 2. The minimum absolute atomic E-state index is 0.0274. The standard InChI is InChI=1S/C18H30N4O2S/c1-12(2)8-15-9-14(10-16(23)20-15)17(24)21-4-6-22(7-5-21)18-19-11-13(3)25-18/h12-15H,4-11H2,1-3H3,(H,20,23)/t13-,14+,15+/m0/s1. The predicted octanol–water partition coefficient (Wildman–Crippen LogP) is 1.56. The van der Waals surface area contributed by atoms with Crippen LogP contribution in [-0.2, 0) is 9.59 Å². The molecule has 2 amide bonds. The summed E-state index contributed by atoms with van der Waals surface area (Å²) in [6.07, 6.45) is 2.06. The lowest BCUT2D eigenvalue weighted by atomic mass is 9.87. The number of carbonyl (C=O) groups excluding carboxylic acids is 2. The van der Waals surface area contributed by atoms with E-state index in [1.807, 2.05) is 16.7 Å². The third kappa shape index (κ3) is 4.68. The van der Waals surface area contributed by atoms with Gasteiger partial charge in [-0.1, -0.05) is 32.5 Å². The normalized spacial score (nSPS) is 30.5. The summed E-state index contributed by atoms with van der Waals surface area (Å²) in [7, 11) is 0. The summed E-state index contributed by atoms with van der Waals surface area (Å²) in [5.74, 6) is 0.564. The van der Waals surface area contributed by atoms with Gasteiger partial charge in [-0.2, -0.15) is 0 Å². The first-order chi connectivity index (χ1) is 11.9. The average molecular weight is 367 g/mol. The van der Waals surface area contributed by atoms with Crippen molar-refractivity contribution in [2.24, 2.45) is 16.8 Å². The van der Waals surface area contributed by atoms with Crippen molar-refractivity contribution >= 4 is 28.7 Å². The fourth-order valence-electron chi connectivity index (χ4n) is 3.92. The van der Waals surface area contributed by atoms with Crippen LogP contribution >= 0.6 is 11.8 Å². The molecular formula is C18H30N4O2S. The summed E-state index contributed by atoms with van der Waals surface area (Å²) >= 11 is 1.84. The second kappa shape index (κ2) is 7.98. The minimum Gasteiger partial charge on any atom is -0.353 e. The smallest absolute Gasteiger partial charge is 0.226 e. The number of aliphatic imine (C=N–C) groups is 1. The first kappa shape index (κ1) is 18.5. The molecule has 3 rings (SSSR count). The van der Waals surface area contributed by atoms with Gasteiger partial charge in [0.2, 0.25) is 11.8 Å². The zero-order valence-electron chi connectivity index (χ0n) is 15.5. The number of amides is 2. The lowest BCUT2D eigenvalue weighted by molar-refractivity contribution is -0.142. The van der Waals surface area contributed by atoms with Crippen molar-refractivity contribution in [3.05, 3.63) is 0 Å². The van der Waals surface area contributed by atoms with E-state index in [1.165, 1.54) is 0 Å². The summed E-state index contributed by atoms with van der Waals surface area (Å²) < 4.78 is 0. The summed E-state index contributed by atoms with van der Waals surface area (Å²) in [6.45, 7) is 10.6. The first-order valence-corrected chi connectivity index (χ1v) is 10.3. The number of amidine groups is 1. The van der Waals surface area contributed by atoms with Gasteiger partial charge in [0.25, 0.3) is 0 Å². The minimum atomic E-state index is -0.151. The monoisotopic (exact) mass is 366 g/mol. The Morgan fingerprint density at radius 3 is 2.64 bits per heavy atom. The highest BCUT2D eigenvalue weighted by Gasteiger charge is 2.35. The number of hydrogen-bond acceptors (Lipinski definition) is 5. The molecule has 3 atom stereocenters. The maximum atomic E-state index is 12.9. The van der Waals surface area contributed by atoms with Crippen LogP contribution in [-0.4, -0.2) is 70.8 Å². The molecule has 1 N–H and O–H groups in total. The number of hydrogen-bond donors (Lipinski definition) is 1. The Balaban J connectivity index is 1.52. The number of piperidine rings is 1. The van der Waals surface area contributed by atoms with E-state index in [-0.39, 0.29) is 23.8 Å². The van der Waals surface area contributed by atoms with E-state index in [1.54, 1.807) is 0 Å². The molecule has 0 aromatic carbocycles. The Kier molecular flexibility index (Phi) is 5.92. The molecule has 0 spiro atoms. The van der Waals surface area contributed by atoms with Gasteiger partial charge in [0.15, 0.2) is 5.17 Å². The van der Waals surface area contributed by atoms with Crippen LogP contribution in [0.15, 0.2) is 4.99 Å². The third-order valence-electron chi connectivity index (χ3n) is 5.12. The van der Waals surface area contributed by atoms with Crippen molar-refractivity contribution in [3.8, 4) is 0 Å². The Hall–Kier alpha value is -1.24. The molecule has 7 heteroatoms. The first-order valence-electron chi connectivity index (χ1n) is 9.46. The second-order valence-electron chi connectivity index (χ2n) is 7.89. The van der Waals surface area contributed by atoms with E-state index in [9.17, 15) is 9.59 Å². The zero-order chi connectivity index (χ0) is 18.0. The van der Waals surface area contributed by atoms with Crippen LogP contribution in [0.5, 0.6) is 0 Å². The van der Waals surface area contributed by atoms with Gasteiger partial charge in [-0.25, -0.2) is 0 Å². The number of nitrogens with one attached hydrogen (secondary N) is 1. The van der Waals surface area contributed by atoms with E-state index in [0.717, 1.165) is 50.7 Å². The van der Waals surface area contributed by atoms with E-state index in [0.29, 0.717) is 17.6 Å². The van der Waals surface area contributed by atoms with E-state index in [4.69, 9.17) is 0 Å². The summed E-state index contributed by atoms with van der Waals surface area (Å²) in [4.78, 5) is 33.8. The molecule has 0 radical (unpaired) electrons. The molecule has 6 nitrogen and oxygen atoms in total. The summed E-state index contributed by atoms with van der Waals surface area (Å²) in [6, 6.07) is 0.141. The molecule has 3 aliphatic rings. The Morgan fingerprint density at radius 1 is 1.32 bits per heavy atom. The molecule has 3 heterocycles. The second-order valence-corrected chi connectivity index (χ2v) is 9.30. The van der Waals surface area contributed by atoms with Crippen molar-refractivity contribution in [1.82, 2.24) is 15.1 Å². The quantitative estimate of drug-likeness (QED) is 0.823. The Morgan fingerprint density at radius 2 is 2.04 bits per heavy atom.